The van der Waals surface area contributed by atoms with E-state index in [2.05, 4.69) is 38.5 Å². The van der Waals surface area contributed by atoms with Gasteiger partial charge in [0.25, 0.3) is 0 Å². The summed E-state index contributed by atoms with van der Waals surface area (Å²) in [5.74, 6) is 3.07. The van der Waals surface area contributed by atoms with Crippen molar-refractivity contribution in [2.24, 2.45) is 0 Å². The Morgan fingerprint density at radius 2 is 2.25 bits per heavy atom. The van der Waals surface area contributed by atoms with Crippen molar-refractivity contribution in [3.63, 3.8) is 0 Å². The van der Waals surface area contributed by atoms with Crippen molar-refractivity contribution in [3.05, 3.63) is 60.9 Å². The van der Waals surface area contributed by atoms with Crippen LogP contribution in [0.3, 0.4) is 0 Å². The largest absolute Gasteiger partial charge is 0.494 e. The maximum atomic E-state index is 5.59. The van der Waals surface area contributed by atoms with Crippen LogP contribution in [0.15, 0.2) is 55.4 Å². The molecule has 1 aromatic carbocycles. The lowest BCUT2D eigenvalue weighted by molar-refractivity contribution is 0.340. The molecule has 24 heavy (non-hydrogen) atoms. The number of nitrogens with zero attached hydrogens (tertiary/aromatic N) is 4. The van der Waals surface area contributed by atoms with Gasteiger partial charge in [0.2, 0.25) is 0 Å². The van der Waals surface area contributed by atoms with Crippen LogP contribution in [0.2, 0.25) is 0 Å². The van der Waals surface area contributed by atoms with Crippen LogP contribution in [0, 0.1) is 0 Å². The summed E-state index contributed by atoms with van der Waals surface area (Å²) in [4.78, 5) is 12.6. The Hall–Kier alpha value is -2.89. The van der Waals surface area contributed by atoms with Crippen LogP contribution in [0.5, 0.6) is 5.75 Å². The highest BCUT2D eigenvalue weighted by atomic mass is 16.5. The smallest absolute Gasteiger partial charge is 0.143 e. The number of anilines is 1. The quantitative estimate of drug-likeness (QED) is 0.756. The van der Waals surface area contributed by atoms with Crippen LogP contribution in [-0.4, -0.2) is 32.2 Å². The number of hydrogen-bond acceptors (Lipinski definition) is 5. The van der Waals surface area contributed by atoms with Gasteiger partial charge in [-0.05, 0) is 31.0 Å². The van der Waals surface area contributed by atoms with Gasteiger partial charge >= 0.3 is 0 Å². The topological polar surface area (TPSA) is 64.9 Å². The molecule has 2 aromatic heterocycles. The first kappa shape index (κ1) is 14.7. The zero-order chi connectivity index (χ0) is 16.4. The fourth-order valence-electron chi connectivity index (χ4n) is 2.88. The van der Waals surface area contributed by atoms with Crippen molar-refractivity contribution in [3.8, 4) is 11.6 Å². The Labute approximate surface area is 140 Å². The summed E-state index contributed by atoms with van der Waals surface area (Å²) in [5.41, 5.74) is 1.31. The maximum Gasteiger partial charge on any atom is 0.143 e. The molecule has 0 saturated heterocycles. The lowest BCUT2D eigenvalue weighted by Crippen LogP contribution is -2.07. The summed E-state index contributed by atoms with van der Waals surface area (Å²) >= 11 is 0. The lowest BCUT2D eigenvalue weighted by Gasteiger charge is -2.08. The van der Waals surface area contributed by atoms with Gasteiger partial charge in [-0.1, -0.05) is 12.1 Å². The first-order valence-corrected chi connectivity index (χ1v) is 8.13. The third-order valence-electron chi connectivity index (χ3n) is 4.14. The molecule has 3 aromatic rings. The standard InChI is InChI=1S/C18H19N5O/c1-2-24-14-5-3-4-13(8-14)15-9-16(15)22-17-10-18(21-11-20-17)23-7-6-19-12-23/h3-8,10-12,15-16H,2,9H2,1H3,(H,20,21,22)/t15-,16+/m0/s1. The second kappa shape index (κ2) is 6.31. The van der Waals surface area contributed by atoms with E-state index in [1.807, 2.05) is 29.8 Å². The summed E-state index contributed by atoms with van der Waals surface area (Å²) in [6, 6.07) is 10.7. The molecule has 0 spiro atoms. The first-order chi connectivity index (χ1) is 11.8. The van der Waals surface area contributed by atoms with Gasteiger partial charge in [0, 0.05) is 30.4 Å². The highest BCUT2D eigenvalue weighted by Crippen LogP contribution is 2.43. The van der Waals surface area contributed by atoms with Crippen LogP contribution in [-0.2, 0) is 0 Å². The molecule has 2 atom stereocenters. The third kappa shape index (κ3) is 3.08. The molecular weight excluding hydrogens is 302 g/mol. The van der Waals surface area contributed by atoms with E-state index in [0.29, 0.717) is 18.6 Å². The van der Waals surface area contributed by atoms with Crippen LogP contribution in [0.4, 0.5) is 5.82 Å². The Morgan fingerprint density at radius 3 is 3.08 bits per heavy atom. The average molecular weight is 321 g/mol. The van der Waals surface area contributed by atoms with Crippen LogP contribution in [0.1, 0.15) is 24.8 Å². The molecule has 122 valence electrons. The van der Waals surface area contributed by atoms with Crippen LogP contribution >= 0.6 is 0 Å². The van der Waals surface area contributed by atoms with E-state index in [9.17, 15) is 0 Å². The van der Waals surface area contributed by atoms with Crippen molar-refractivity contribution in [1.29, 1.82) is 0 Å². The van der Waals surface area contributed by atoms with Gasteiger partial charge < -0.3 is 10.1 Å². The molecule has 1 aliphatic carbocycles. The van der Waals surface area contributed by atoms with Gasteiger partial charge in [-0.15, -0.1) is 0 Å². The van der Waals surface area contributed by atoms with E-state index in [1.165, 1.54) is 5.56 Å². The summed E-state index contributed by atoms with van der Waals surface area (Å²) in [6.07, 6.45) is 8.00. The molecule has 1 saturated carbocycles. The number of ether oxygens (including phenoxy) is 1. The zero-order valence-electron chi connectivity index (χ0n) is 13.5. The van der Waals surface area contributed by atoms with Gasteiger partial charge in [0.05, 0.1) is 6.61 Å². The molecule has 0 radical (unpaired) electrons. The SMILES string of the molecule is CCOc1cccc([C@@H]2C[C@H]2Nc2cc(-n3ccnc3)ncn2)c1. The van der Waals surface area contributed by atoms with Crippen LogP contribution in [0.25, 0.3) is 5.82 Å². The highest BCUT2D eigenvalue weighted by molar-refractivity contribution is 5.46. The predicted molar refractivity (Wildman–Crippen MR) is 91.5 cm³/mol. The number of rotatable bonds is 6. The second-order valence-electron chi connectivity index (χ2n) is 5.83. The summed E-state index contributed by atoms with van der Waals surface area (Å²) in [5, 5.41) is 3.49. The molecule has 1 N–H and O–H groups in total. The van der Waals surface area contributed by atoms with Crippen LogP contribution < -0.4 is 10.1 Å². The molecule has 4 rings (SSSR count). The monoisotopic (exact) mass is 321 g/mol. The number of imidazole rings is 1. The fraction of sp³-hybridized carbons (Fsp3) is 0.278. The second-order valence-corrected chi connectivity index (χ2v) is 5.83. The molecule has 6 nitrogen and oxygen atoms in total. The zero-order valence-corrected chi connectivity index (χ0v) is 13.5. The highest BCUT2D eigenvalue weighted by Gasteiger charge is 2.38. The molecule has 0 bridgehead atoms. The van der Waals surface area contributed by atoms with E-state index < -0.39 is 0 Å². The number of hydrogen-bond donors (Lipinski definition) is 1. The van der Waals surface area contributed by atoms with Gasteiger partial charge in [-0.3, -0.25) is 4.57 Å². The lowest BCUT2D eigenvalue weighted by atomic mass is 10.1. The van der Waals surface area contributed by atoms with Crippen molar-refractivity contribution < 1.29 is 4.74 Å². The molecule has 6 heteroatoms. The Bertz CT molecular complexity index is 818. The Morgan fingerprint density at radius 1 is 1.29 bits per heavy atom. The molecule has 0 aliphatic heterocycles. The average Bonchev–Trinajstić information content (AvgIpc) is 3.15. The predicted octanol–water partition coefficient (Wildman–Crippen LogP) is 3.03. The van der Waals surface area contributed by atoms with Crippen molar-refractivity contribution in [2.75, 3.05) is 11.9 Å². The fourth-order valence-corrected chi connectivity index (χ4v) is 2.88. The molecule has 0 amide bonds. The molecule has 2 heterocycles. The van der Waals surface area contributed by atoms with Crippen molar-refractivity contribution in [1.82, 2.24) is 19.5 Å². The van der Waals surface area contributed by atoms with Gasteiger partial charge in [-0.2, -0.15) is 0 Å². The molecule has 1 fully saturated rings. The van der Waals surface area contributed by atoms with E-state index >= 15 is 0 Å². The Balaban J connectivity index is 1.44. The first-order valence-electron chi connectivity index (χ1n) is 8.13. The molecule has 1 aliphatic rings. The van der Waals surface area contributed by atoms with E-state index in [1.54, 1.807) is 18.9 Å². The third-order valence-corrected chi connectivity index (χ3v) is 4.14. The van der Waals surface area contributed by atoms with E-state index in [-0.39, 0.29) is 0 Å². The number of benzene rings is 1. The minimum Gasteiger partial charge on any atom is -0.494 e. The minimum atomic E-state index is 0.396. The van der Waals surface area contributed by atoms with Gasteiger partial charge in [0.15, 0.2) is 0 Å². The van der Waals surface area contributed by atoms with Gasteiger partial charge in [-0.25, -0.2) is 15.0 Å². The number of nitrogens with one attached hydrogen (secondary N) is 1. The minimum absolute atomic E-state index is 0.396. The van der Waals surface area contributed by atoms with E-state index in [4.69, 9.17) is 4.74 Å². The van der Waals surface area contributed by atoms with Crippen molar-refractivity contribution in [2.45, 2.75) is 25.3 Å². The normalized spacial score (nSPS) is 19.0. The van der Waals surface area contributed by atoms with E-state index in [0.717, 1.165) is 23.8 Å². The number of aromatic nitrogens is 4. The van der Waals surface area contributed by atoms with Crippen molar-refractivity contribution >= 4 is 5.82 Å². The van der Waals surface area contributed by atoms with Gasteiger partial charge in [0.1, 0.15) is 30.0 Å². The summed E-state index contributed by atoms with van der Waals surface area (Å²) in [6.45, 7) is 2.69. The molecule has 0 unspecified atom stereocenters. The summed E-state index contributed by atoms with van der Waals surface area (Å²) in [7, 11) is 0. The molecular formula is C18H19N5O. The maximum absolute atomic E-state index is 5.59. The Kier molecular flexibility index (Phi) is 3.86. The summed E-state index contributed by atoms with van der Waals surface area (Å²) < 4.78 is 7.45.